The number of benzene rings is 2. The molecule has 2 fully saturated rings. The SMILES string of the molecule is O=[N+]([O-])[C@@]1([C@]2([N+](=O)[O-])C[C@H]2c2cccc(Cl)c2)C[C@H]1c1cccc(Cl)c1. The molecule has 2 aromatic carbocycles. The summed E-state index contributed by atoms with van der Waals surface area (Å²) < 4.78 is 0. The van der Waals surface area contributed by atoms with Crippen LogP contribution in [0.5, 0.6) is 0 Å². The highest BCUT2D eigenvalue weighted by atomic mass is 35.5. The van der Waals surface area contributed by atoms with Gasteiger partial charge < -0.3 is 0 Å². The maximum atomic E-state index is 12.0. The minimum atomic E-state index is -1.62. The predicted octanol–water partition coefficient (Wildman–Crippen LogP) is 4.70. The molecule has 0 radical (unpaired) electrons. The Morgan fingerprint density at radius 3 is 1.50 bits per heavy atom. The number of nitrogens with zero attached hydrogens (tertiary/aromatic N) is 2. The van der Waals surface area contributed by atoms with Gasteiger partial charge in [-0.15, -0.1) is 0 Å². The Morgan fingerprint density at radius 2 is 1.19 bits per heavy atom. The van der Waals surface area contributed by atoms with Gasteiger partial charge in [0, 0.05) is 32.7 Å². The molecule has 4 atom stereocenters. The molecule has 2 aliphatic carbocycles. The van der Waals surface area contributed by atoms with E-state index < -0.39 is 32.8 Å². The van der Waals surface area contributed by atoms with E-state index in [1.165, 1.54) is 0 Å². The lowest BCUT2D eigenvalue weighted by molar-refractivity contribution is -0.644. The number of nitro groups is 2. The van der Waals surface area contributed by atoms with Gasteiger partial charge in [-0.25, -0.2) is 0 Å². The van der Waals surface area contributed by atoms with Gasteiger partial charge in [-0.05, 0) is 35.4 Å². The molecule has 0 bridgehead atoms. The molecule has 4 rings (SSSR count). The standard InChI is InChI=1S/C18H14Cl2N2O4/c19-13-5-1-3-11(7-13)15-9-17(15,21(23)24)18(22(25)26)10-16(18)12-4-2-6-14(20)8-12/h1-8,15-16H,9-10H2/t15-,16-,17-,18-/m0/s1. The van der Waals surface area contributed by atoms with Crippen LogP contribution in [0.15, 0.2) is 48.5 Å². The van der Waals surface area contributed by atoms with Gasteiger partial charge in [-0.1, -0.05) is 47.5 Å². The third-order valence-corrected chi connectivity index (χ3v) is 6.24. The van der Waals surface area contributed by atoms with Gasteiger partial charge in [0.2, 0.25) is 0 Å². The van der Waals surface area contributed by atoms with E-state index in [0.29, 0.717) is 21.2 Å². The molecule has 0 spiro atoms. The van der Waals surface area contributed by atoms with Crippen molar-refractivity contribution in [1.82, 2.24) is 0 Å². The second-order valence-corrected chi connectivity index (χ2v) is 7.86. The predicted molar refractivity (Wildman–Crippen MR) is 97.1 cm³/mol. The zero-order valence-corrected chi connectivity index (χ0v) is 15.0. The fourth-order valence-corrected chi connectivity index (χ4v) is 4.81. The lowest BCUT2D eigenvalue weighted by atomic mass is 9.93. The highest BCUT2D eigenvalue weighted by molar-refractivity contribution is 6.30. The normalized spacial score (nSPS) is 32.1. The van der Waals surface area contributed by atoms with Crippen molar-refractivity contribution in [3.63, 3.8) is 0 Å². The van der Waals surface area contributed by atoms with Gasteiger partial charge in [0.25, 0.3) is 11.1 Å². The average molecular weight is 393 g/mol. The Hall–Kier alpha value is -2.18. The number of rotatable bonds is 5. The van der Waals surface area contributed by atoms with Crippen molar-refractivity contribution in [2.75, 3.05) is 0 Å². The Balaban J connectivity index is 1.77. The van der Waals surface area contributed by atoms with Crippen LogP contribution in [0.4, 0.5) is 0 Å². The van der Waals surface area contributed by atoms with Crippen molar-refractivity contribution in [1.29, 1.82) is 0 Å². The molecule has 6 nitrogen and oxygen atoms in total. The highest BCUT2D eigenvalue weighted by Crippen LogP contribution is 2.73. The van der Waals surface area contributed by atoms with E-state index in [2.05, 4.69) is 0 Å². The molecule has 8 heteroatoms. The second kappa shape index (κ2) is 5.66. The Morgan fingerprint density at radius 1 is 0.808 bits per heavy atom. The van der Waals surface area contributed by atoms with Crippen LogP contribution < -0.4 is 0 Å². The first-order chi connectivity index (χ1) is 12.3. The molecule has 0 unspecified atom stereocenters. The fourth-order valence-electron chi connectivity index (χ4n) is 4.41. The lowest BCUT2D eigenvalue weighted by Gasteiger charge is -2.16. The zero-order valence-electron chi connectivity index (χ0n) is 13.5. The molecule has 0 aliphatic heterocycles. The highest BCUT2D eigenvalue weighted by Gasteiger charge is 2.93. The van der Waals surface area contributed by atoms with E-state index in [4.69, 9.17) is 23.2 Å². The van der Waals surface area contributed by atoms with Gasteiger partial charge in [0.1, 0.15) is 0 Å². The van der Waals surface area contributed by atoms with Crippen molar-refractivity contribution in [2.45, 2.75) is 35.8 Å². The van der Waals surface area contributed by atoms with Crippen molar-refractivity contribution >= 4 is 23.2 Å². The summed E-state index contributed by atoms with van der Waals surface area (Å²) >= 11 is 12.0. The third-order valence-electron chi connectivity index (χ3n) is 5.77. The van der Waals surface area contributed by atoms with Gasteiger partial charge >= 0.3 is 0 Å². The Labute approximate surface area is 159 Å². The maximum absolute atomic E-state index is 12.0. The van der Waals surface area contributed by atoms with E-state index >= 15 is 0 Å². The molecule has 0 amide bonds. The number of hydrogen-bond acceptors (Lipinski definition) is 4. The van der Waals surface area contributed by atoms with Gasteiger partial charge in [0.05, 0.1) is 11.8 Å². The summed E-state index contributed by atoms with van der Waals surface area (Å²) in [4.78, 5) is 23.2. The lowest BCUT2D eigenvalue weighted by Crippen LogP contribution is -2.46. The first-order valence-electron chi connectivity index (χ1n) is 8.13. The molecule has 2 saturated carbocycles. The summed E-state index contributed by atoms with van der Waals surface area (Å²) in [7, 11) is 0. The number of halogens is 2. The molecule has 2 aromatic rings. The minimum absolute atomic E-state index is 0.137. The average Bonchev–Trinajstić information content (AvgIpc) is 3.46. The largest absolute Gasteiger partial charge is 0.298 e. The van der Waals surface area contributed by atoms with E-state index in [1.807, 2.05) is 0 Å². The van der Waals surface area contributed by atoms with E-state index in [0.717, 1.165) is 0 Å². The van der Waals surface area contributed by atoms with Crippen molar-refractivity contribution in [2.24, 2.45) is 0 Å². The smallest absolute Gasteiger partial charge is 0.264 e. The zero-order chi connectivity index (χ0) is 18.7. The van der Waals surface area contributed by atoms with Crippen LogP contribution in [0.1, 0.15) is 35.8 Å². The number of hydrogen-bond donors (Lipinski definition) is 0. The molecule has 0 N–H and O–H groups in total. The first kappa shape index (κ1) is 17.2. The third kappa shape index (κ3) is 2.25. The van der Waals surface area contributed by atoms with Crippen molar-refractivity contribution in [3.05, 3.63) is 89.9 Å². The van der Waals surface area contributed by atoms with Crippen LogP contribution in [-0.2, 0) is 0 Å². The Kier molecular flexibility index (Phi) is 3.75. The maximum Gasteiger partial charge on any atom is 0.298 e. The summed E-state index contributed by atoms with van der Waals surface area (Å²) in [5.41, 5.74) is -1.89. The van der Waals surface area contributed by atoms with E-state index in [-0.39, 0.29) is 12.8 Å². The van der Waals surface area contributed by atoms with Crippen LogP contribution in [0.2, 0.25) is 10.0 Å². The van der Waals surface area contributed by atoms with Gasteiger partial charge in [-0.3, -0.25) is 20.2 Å². The van der Waals surface area contributed by atoms with Crippen LogP contribution in [0.25, 0.3) is 0 Å². The first-order valence-corrected chi connectivity index (χ1v) is 8.88. The summed E-state index contributed by atoms with van der Waals surface area (Å²) in [6.45, 7) is 0. The summed E-state index contributed by atoms with van der Waals surface area (Å²) in [6, 6.07) is 13.6. The Bertz CT molecular complexity index is 861. The summed E-state index contributed by atoms with van der Waals surface area (Å²) in [5, 5.41) is 25.0. The molecule has 134 valence electrons. The van der Waals surface area contributed by atoms with Gasteiger partial charge in [-0.2, -0.15) is 0 Å². The topological polar surface area (TPSA) is 86.3 Å². The summed E-state index contributed by atoms with van der Waals surface area (Å²) in [5.74, 6) is -1.04. The van der Waals surface area contributed by atoms with Crippen LogP contribution in [-0.4, -0.2) is 20.9 Å². The molecule has 26 heavy (non-hydrogen) atoms. The van der Waals surface area contributed by atoms with Gasteiger partial charge in [0.15, 0.2) is 0 Å². The van der Waals surface area contributed by atoms with E-state index in [9.17, 15) is 20.2 Å². The molecular formula is C18H14Cl2N2O4. The van der Waals surface area contributed by atoms with Crippen LogP contribution >= 0.6 is 23.2 Å². The fraction of sp³-hybridized carbons (Fsp3) is 0.333. The van der Waals surface area contributed by atoms with Crippen molar-refractivity contribution < 1.29 is 9.85 Å². The minimum Gasteiger partial charge on any atom is -0.264 e. The van der Waals surface area contributed by atoms with Crippen LogP contribution in [0.3, 0.4) is 0 Å². The quantitative estimate of drug-likeness (QED) is 0.544. The molecule has 0 heterocycles. The van der Waals surface area contributed by atoms with Crippen molar-refractivity contribution in [3.8, 4) is 0 Å². The molecular weight excluding hydrogens is 379 g/mol. The summed E-state index contributed by atoms with van der Waals surface area (Å²) in [6.07, 6.45) is 0.275. The second-order valence-electron chi connectivity index (χ2n) is 6.99. The van der Waals surface area contributed by atoms with E-state index in [1.54, 1.807) is 48.5 Å². The monoisotopic (exact) mass is 392 g/mol. The van der Waals surface area contributed by atoms with Crippen LogP contribution in [0, 0.1) is 20.2 Å². The molecule has 0 saturated heterocycles. The molecule has 0 aromatic heterocycles. The molecule has 2 aliphatic rings.